The molecule has 1 aromatic rings. The topological polar surface area (TPSA) is 27.3 Å². The Kier molecular flexibility index (Phi) is 3.27. The van der Waals surface area contributed by atoms with Gasteiger partial charge in [-0.2, -0.15) is 0 Å². The van der Waals surface area contributed by atoms with Gasteiger partial charge in [-0.1, -0.05) is 6.07 Å². The van der Waals surface area contributed by atoms with Crippen LogP contribution in [0.5, 0.6) is 0 Å². The molecule has 92 valence electrons. The predicted molar refractivity (Wildman–Crippen MR) is 73.9 cm³/mol. The van der Waals surface area contributed by atoms with Crippen LogP contribution in [0.15, 0.2) is 23.1 Å². The standard InChI is InChI=1S/C13H19N3S/c1-16-6-4-14-9-12(16)10-2-3-11-13(8-10)17-7-5-15-11/h2-3,8,12,14-15H,4-7,9H2,1H3. The average Bonchev–Trinajstić information content (AvgIpc) is 2.39. The van der Waals surface area contributed by atoms with Crippen molar-refractivity contribution in [3.63, 3.8) is 0 Å². The molecule has 0 bridgehead atoms. The fourth-order valence-electron chi connectivity index (χ4n) is 2.54. The number of piperazine rings is 1. The van der Waals surface area contributed by atoms with E-state index in [1.165, 1.54) is 21.9 Å². The van der Waals surface area contributed by atoms with Gasteiger partial charge in [-0.05, 0) is 24.7 Å². The first kappa shape index (κ1) is 11.4. The monoisotopic (exact) mass is 249 g/mol. The lowest BCUT2D eigenvalue weighted by atomic mass is 10.0. The van der Waals surface area contributed by atoms with E-state index in [-0.39, 0.29) is 0 Å². The van der Waals surface area contributed by atoms with Gasteiger partial charge in [-0.25, -0.2) is 0 Å². The van der Waals surface area contributed by atoms with Crippen molar-refractivity contribution in [3.05, 3.63) is 23.8 Å². The van der Waals surface area contributed by atoms with E-state index in [0.29, 0.717) is 6.04 Å². The number of likely N-dealkylation sites (N-methyl/N-ethyl adjacent to an activating group) is 1. The lowest BCUT2D eigenvalue weighted by molar-refractivity contribution is 0.202. The van der Waals surface area contributed by atoms with Crippen molar-refractivity contribution >= 4 is 17.4 Å². The van der Waals surface area contributed by atoms with Crippen molar-refractivity contribution in [1.82, 2.24) is 10.2 Å². The Morgan fingerprint density at radius 1 is 1.35 bits per heavy atom. The molecule has 3 nitrogen and oxygen atoms in total. The summed E-state index contributed by atoms with van der Waals surface area (Å²) < 4.78 is 0. The van der Waals surface area contributed by atoms with Gasteiger partial charge in [0.1, 0.15) is 0 Å². The number of rotatable bonds is 1. The third-order valence-corrected chi connectivity index (χ3v) is 4.63. The third kappa shape index (κ3) is 2.30. The molecule has 1 fully saturated rings. The zero-order valence-electron chi connectivity index (χ0n) is 10.2. The molecule has 0 radical (unpaired) electrons. The Morgan fingerprint density at radius 3 is 3.18 bits per heavy atom. The largest absolute Gasteiger partial charge is 0.383 e. The fourth-order valence-corrected chi connectivity index (χ4v) is 3.48. The van der Waals surface area contributed by atoms with Gasteiger partial charge in [0, 0.05) is 48.6 Å². The molecule has 0 aromatic heterocycles. The van der Waals surface area contributed by atoms with E-state index in [1.807, 2.05) is 11.8 Å². The second-order valence-corrected chi connectivity index (χ2v) is 5.87. The number of anilines is 1. The molecular formula is C13H19N3S. The molecule has 2 aliphatic heterocycles. The molecule has 2 heterocycles. The lowest BCUT2D eigenvalue weighted by Gasteiger charge is -2.34. The van der Waals surface area contributed by atoms with Crippen LogP contribution in [-0.4, -0.2) is 43.9 Å². The Morgan fingerprint density at radius 2 is 2.29 bits per heavy atom. The molecule has 17 heavy (non-hydrogen) atoms. The number of benzene rings is 1. The molecule has 0 spiro atoms. The highest BCUT2D eigenvalue weighted by molar-refractivity contribution is 7.99. The van der Waals surface area contributed by atoms with E-state index < -0.39 is 0 Å². The van der Waals surface area contributed by atoms with Crippen molar-refractivity contribution in [3.8, 4) is 0 Å². The van der Waals surface area contributed by atoms with E-state index in [2.05, 4.69) is 40.8 Å². The van der Waals surface area contributed by atoms with Gasteiger partial charge < -0.3 is 10.6 Å². The number of nitrogens with one attached hydrogen (secondary N) is 2. The molecule has 0 aliphatic carbocycles. The first-order chi connectivity index (χ1) is 8.34. The van der Waals surface area contributed by atoms with Crippen LogP contribution < -0.4 is 10.6 Å². The minimum atomic E-state index is 0.525. The summed E-state index contributed by atoms with van der Waals surface area (Å²) in [5, 5.41) is 6.93. The van der Waals surface area contributed by atoms with Gasteiger partial charge in [-0.15, -0.1) is 11.8 Å². The predicted octanol–water partition coefficient (Wildman–Crippen LogP) is 1.78. The Labute approximate surface area is 107 Å². The number of thioether (sulfide) groups is 1. The number of nitrogens with zero attached hydrogens (tertiary/aromatic N) is 1. The minimum Gasteiger partial charge on any atom is -0.383 e. The van der Waals surface area contributed by atoms with Crippen molar-refractivity contribution in [1.29, 1.82) is 0 Å². The first-order valence-electron chi connectivity index (χ1n) is 6.26. The number of fused-ring (bicyclic) bond motifs is 1. The molecular weight excluding hydrogens is 230 g/mol. The maximum Gasteiger partial charge on any atom is 0.0478 e. The second kappa shape index (κ2) is 4.88. The molecule has 1 unspecified atom stereocenters. The second-order valence-electron chi connectivity index (χ2n) is 4.73. The van der Waals surface area contributed by atoms with Crippen LogP contribution in [0.4, 0.5) is 5.69 Å². The van der Waals surface area contributed by atoms with E-state index in [9.17, 15) is 0 Å². The SMILES string of the molecule is CN1CCNCC1c1ccc2c(c1)SCCN2. The van der Waals surface area contributed by atoms with Crippen LogP contribution in [0.1, 0.15) is 11.6 Å². The zero-order chi connectivity index (χ0) is 11.7. The van der Waals surface area contributed by atoms with E-state index >= 15 is 0 Å². The molecule has 4 heteroatoms. The highest BCUT2D eigenvalue weighted by Crippen LogP contribution is 2.34. The van der Waals surface area contributed by atoms with Gasteiger partial charge in [0.05, 0.1) is 0 Å². The third-order valence-electron chi connectivity index (χ3n) is 3.58. The highest BCUT2D eigenvalue weighted by Gasteiger charge is 2.21. The molecule has 3 rings (SSSR count). The van der Waals surface area contributed by atoms with Crippen LogP contribution in [0.25, 0.3) is 0 Å². The summed E-state index contributed by atoms with van der Waals surface area (Å²) in [6.45, 7) is 4.39. The first-order valence-corrected chi connectivity index (χ1v) is 7.25. The van der Waals surface area contributed by atoms with Gasteiger partial charge in [0.15, 0.2) is 0 Å². The molecule has 0 amide bonds. The summed E-state index contributed by atoms with van der Waals surface area (Å²) in [6, 6.07) is 7.39. The molecule has 1 atom stereocenters. The maximum absolute atomic E-state index is 3.48. The number of hydrogen-bond acceptors (Lipinski definition) is 4. The van der Waals surface area contributed by atoms with Crippen LogP contribution in [-0.2, 0) is 0 Å². The minimum absolute atomic E-state index is 0.525. The lowest BCUT2D eigenvalue weighted by Crippen LogP contribution is -2.43. The maximum atomic E-state index is 3.48. The molecule has 1 saturated heterocycles. The molecule has 2 N–H and O–H groups in total. The van der Waals surface area contributed by atoms with E-state index in [0.717, 1.165) is 26.2 Å². The smallest absolute Gasteiger partial charge is 0.0478 e. The van der Waals surface area contributed by atoms with E-state index in [1.54, 1.807) is 0 Å². The fraction of sp³-hybridized carbons (Fsp3) is 0.538. The quantitative estimate of drug-likeness (QED) is 0.793. The Hall–Kier alpha value is -0.710. The van der Waals surface area contributed by atoms with Gasteiger partial charge >= 0.3 is 0 Å². The average molecular weight is 249 g/mol. The van der Waals surface area contributed by atoms with Crippen molar-refractivity contribution in [2.45, 2.75) is 10.9 Å². The summed E-state index contributed by atoms with van der Waals surface area (Å²) in [4.78, 5) is 3.85. The molecule has 0 saturated carbocycles. The summed E-state index contributed by atoms with van der Waals surface area (Å²) in [5.41, 5.74) is 2.74. The zero-order valence-corrected chi connectivity index (χ0v) is 11.0. The van der Waals surface area contributed by atoms with Gasteiger partial charge in [0.2, 0.25) is 0 Å². The van der Waals surface area contributed by atoms with Gasteiger partial charge in [-0.3, -0.25) is 4.90 Å². The summed E-state index contributed by atoms with van der Waals surface area (Å²) in [6.07, 6.45) is 0. The normalized spacial score (nSPS) is 25.1. The summed E-state index contributed by atoms with van der Waals surface area (Å²) in [5.74, 6) is 1.18. The number of hydrogen-bond donors (Lipinski definition) is 2. The van der Waals surface area contributed by atoms with E-state index in [4.69, 9.17) is 0 Å². The summed E-state index contributed by atoms with van der Waals surface area (Å²) >= 11 is 1.97. The highest BCUT2D eigenvalue weighted by atomic mass is 32.2. The Bertz CT molecular complexity index is 408. The van der Waals surface area contributed by atoms with Crippen LogP contribution >= 0.6 is 11.8 Å². The van der Waals surface area contributed by atoms with Crippen molar-refractivity contribution in [2.75, 3.05) is 44.3 Å². The van der Waals surface area contributed by atoms with Crippen molar-refractivity contribution in [2.24, 2.45) is 0 Å². The Balaban J connectivity index is 1.87. The van der Waals surface area contributed by atoms with Crippen LogP contribution in [0.2, 0.25) is 0 Å². The molecule has 1 aromatic carbocycles. The van der Waals surface area contributed by atoms with Crippen LogP contribution in [0, 0.1) is 0 Å². The van der Waals surface area contributed by atoms with Crippen molar-refractivity contribution < 1.29 is 0 Å². The summed E-state index contributed by atoms with van der Waals surface area (Å²) in [7, 11) is 2.22. The van der Waals surface area contributed by atoms with Gasteiger partial charge in [0.25, 0.3) is 0 Å². The van der Waals surface area contributed by atoms with Crippen LogP contribution in [0.3, 0.4) is 0 Å². The molecule has 2 aliphatic rings.